The summed E-state index contributed by atoms with van der Waals surface area (Å²) in [5.41, 5.74) is 2.37. The summed E-state index contributed by atoms with van der Waals surface area (Å²) >= 11 is 1.84. The van der Waals surface area contributed by atoms with E-state index in [4.69, 9.17) is 9.72 Å². The second-order valence-corrected chi connectivity index (χ2v) is 8.77. The average molecular weight is 386 g/mol. The highest BCUT2D eigenvalue weighted by atomic mass is 32.2. The van der Waals surface area contributed by atoms with Crippen molar-refractivity contribution in [3.05, 3.63) is 24.4 Å². The SMILES string of the molecule is CSN1CCC(Nc2ncc3cccc(N4CCOC5(CC5)C4)c3n2)CC1. The second kappa shape index (κ2) is 7.11. The van der Waals surface area contributed by atoms with Gasteiger partial charge < -0.3 is 15.0 Å². The Morgan fingerprint density at radius 1 is 1.22 bits per heavy atom. The highest BCUT2D eigenvalue weighted by Gasteiger charge is 2.47. The first kappa shape index (κ1) is 17.5. The molecule has 2 aliphatic heterocycles. The van der Waals surface area contributed by atoms with E-state index in [1.165, 1.54) is 18.5 Å². The van der Waals surface area contributed by atoms with Gasteiger partial charge in [0.15, 0.2) is 0 Å². The molecule has 1 N–H and O–H groups in total. The number of piperidine rings is 1. The number of nitrogens with zero attached hydrogens (tertiary/aromatic N) is 4. The van der Waals surface area contributed by atoms with Gasteiger partial charge in [0, 0.05) is 43.8 Å². The number of fused-ring (bicyclic) bond motifs is 1. The quantitative estimate of drug-likeness (QED) is 0.812. The van der Waals surface area contributed by atoms with E-state index < -0.39 is 0 Å². The molecular weight excluding hydrogens is 358 g/mol. The van der Waals surface area contributed by atoms with E-state index in [-0.39, 0.29) is 5.60 Å². The maximum Gasteiger partial charge on any atom is 0.223 e. The molecule has 6 nitrogen and oxygen atoms in total. The maximum atomic E-state index is 5.99. The zero-order valence-electron chi connectivity index (χ0n) is 15.9. The monoisotopic (exact) mass is 385 g/mol. The number of aromatic nitrogens is 2. The Balaban J connectivity index is 1.38. The summed E-state index contributed by atoms with van der Waals surface area (Å²) in [4.78, 5) is 12.0. The molecule has 3 heterocycles. The number of benzene rings is 1. The predicted octanol–water partition coefficient (Wildman–Crippen LogP) is 3.15. The number of nitrogens with one attached hydrogen (secondary N) is 1. The molecule has 0 bridgehead atoms. The molecule has 1 aliphatic carbocycles. The van der Waals surface area contributed by atoms with Crippen molar-refractivity contribution in [1.82, 2.24) is 14.3 Å². The molecule has 0 amide bonds. The molecule has 3 aliphatic rings. The van der Waals surface area contributed by atoms with Gasteiger partial charge in [-0.05, 0) is 38.0 Å². The molecule has 1 aromatic carbocycles. The molecule has 5 rings (SSSR count). The van der Waals surface area contributed by atoms with Crippen LogP contribution in [-0.2, 0) is 4.74 Å². The van der Waals surface area contributed by atoms with Crippen LogP contribution in [0, 0.1) is 0 Å². The fourth-order valence-electron chi connectivity index (χ4n) is 4.22. The lowest BCUT2D eigenvalue weighted by Gasteiger charge is -2.35. The van der Waals surface area contributed by atoms with Crippen LogP contribution >= 0.6 is 11.9 Å². The smallest absolute Gasteiger partial charge is 0.223 e. The minimum absolute atomic E-state index is 0.111. The number of anilines is 2. The van der Waals surface area contributed by atoms with Crippen LogP contribution in [0.5, 0.6) is 0 Å². The van der Waals surface area contributed by atoms with Crippen LogP contribution in [0.3, 0.4) is 0 Å². The summed E-state index contributed by atoms with van der Waals surface area (Å²) in [5.74, 6) is 0.756. The van der Waals surface area contributed by atoms with E-state index in [0.717, 1.165) is 62.5 Å². The van der Waals surface area contributed by atoms with Crippen LogP contribution in [-0.4, -0.2) is 65.0 Å². The Morgan fingerprint density at radius 2 is 2.07 bits per heavy atom. The van der Waals surface area contributed by atoms with Gasteiger partial charge in [0.2, 0.25) is 5.95 Å². The van der Waals surface area contributed by atoms with E-state index in [2.05, 4.69) is 44.0 Å². The van der Waals surface area contributed by atoms with Gasteiger partial charge in [-0.25, -0.2) is 9.97 Å². The zero-order chi connectivity index (χ0) is 18.3. The highest BCUT2D eigenvalue weighted by Crippen LogP contribution is 2.43. The summed E-state index contributed by atoms with van der Waals surface area (Å²) in [5, 5.41) is 4.68. The van der Waals surface area contributed by atoms with Gasteiger partial charge >= 0.3 is 0 Å². The lowest BCUT2D eigenvalue weighted by atomic mass is 10.1. The van der Waals surface area contributed by atoms with Gasteiger partial charge in [-0.1, -0.05) is 24.1 Å². The Hall–Kier alpha value is -1.57. The van der Waals surface area contributed by atoms with E-state index in [0.29, 0.717) is 6.04 Å². The molecule has 2 saturated heterocycles. The van der Waals surface area contributed by atoms with E-state index in [1.807, 2.05) is 18.1 Å². The molecule has 27 heavy (non-hydrogen) atoms. The Kier molecular flexibility index (Phi) is 4.61. The van der Waals surface area contributed by atoms with Gasteiger partial charge in [-0.2, -0.15) is 0 Å². The summed E-state index contributed by atoms with van der Waals surface area (Å²) < 4.78 is 8.41. The number of morpholine rings is 1. The standard InChI is InChI=1S/C20H27N5OS/c1-27-25-9-5-16(6-10-25)22-19-21-13-15-3-2-4-17(18(15)23-19)24-11-12-26-20(14-24)7-8-20/h2-4,13,16H,5-12,14H2,1H3,(H,21,22,23). The molecule has 0 unspecified atom stereocenters. The predicted molar refractivity (Wildman–Crippen MR) is 111 cm³/mol. The molecule has 3 fully saturated rings. The van der Waals surface area contributed by atoms with Crippen LogP contribution in [0.15, 0.2) is 24.4 Å². The largest absolute Gasteiger partial charge is 0.371 e. The molecule has 7 heteroatoms. The van der Waals surface area contributed by atoms with Gasteiger partial charge in [0.1, 0.15) is 0 Å². The van der Waals surface area contributed by atoms with Crippen LogP contribution in [0.1, 0.15) is 25.7 Å². The third-order valence-electron chi connectivity index (χ3n) is 6.03. The summed E-state index contributed by atoms with van der Waals surface area (Å²) in [6.07, 6.45) is 8.75. The minimum Gasteiger partial charge on any atom is -0.371 e. The summed E-state index contributed by atoms with van der Waals surface area (Å²) in [6, 6.07) is 6.86. The molecule has 0 atom stereocenters. The number of para-hydroxylation sites is 1. The molecular formula is C20H27N5OS. The van der Waals surface area contributed by atoms with Crippen LogP contribution in [0.25, 0.3) is 10.9 Å². The normalized spacial score (nSPS) is 23.1. The fraction of sp³-hybridized carbons (Fsp3) is 0.600. The zero-order valence-corrected chi connectivity index (χ0v) is 16.7. The van der Waals surface area contributed by atoms with Crippen molar-refractivity contribution in [2.45, 2.75) is 37.3 Å². The fourth-order valence-corrected chi connectivity index (χ4v) is 4.80. The number of ether oxygens (including phenoxy) is 1. The van der Waals surface area contributed by atoms with E-state index in [9.17, 15) is 0 Å². The van der Waals surface area contributed by atoms with Crippen molar-refractivity contribution >= 4 is 34.5 Å². The van der Waals surface area contributed by atoms with Crippen LogP contribution < -0.4 is 10.2 Å². The molecule has 2 aromatic rings. The van der Waals surface area contributed by atoms with Crippen LogP contribution in [0.4, 0.5) is 11.6 Å². The Bertz CT molecular complexity index is 819. The highest BCUT2D eigenvalue weighted by molar-refractivity contribution is 7.96. The summed E-state index contributed by atoms with van der Waals surface area (Å²) in [6.45, 7) is 4.95. The number of hydrogen-bond acceptors (Lipinski definition) is 7. The Labute approximate surface area is 164 Å². The van der Waals surface area contributed by atoms with Crippen LogP contribution in [0.2, 0.25) is 0 Å². The average Bonchev–Trinajstić information content (AvgIpc) is 3.46. The van der Waals surface area contributed by atoms with Crippen molar-refractivity contribution < 1.29 is 4.74 Å². The van der Waals surface area contributed by atoms with Gasteiger partial charge in [0.05, 0.1) is 23.4 Å². The Morgan fingerprint density at radius 3 is 2.85 bits per heavy atom. The lowest BCUT2D eigenvalue weighted by Crippen LogP contribution is -2.44. The maximum absolute atomic E-state index is 5.99. The van der Waals surface area contributed by atoms with Gasteiger partial charge in [-0.15, -0.1) is 0 Å². The van der Waals surface area contributed by atoms with Crippen molar-refractivity contribution in [3.8, 4) is 0 Å². The number of hydrogen-bond donors (Lipinski definition) is 1. The van der Waals surface area contributed by atoms with Crippen molar-refractivity contribution in [2.24, 2.45) is 0 Å². The third-order valence-corrected chi connectivity index (χ3v) is 6.91. The first-order chi connectivity index (χ1) is 13.2. The minimum atomic E-state index is 0.111. The van der Waals surface area contributed by atoms with Gasteiger partial charge in [0.25, 0.3) is 0 Å². The number of rotatable bonds is 4. The molecule has 1 saturated carbocycles. The first-order valence-corrected chi connectivity index (χ1v) is 11.1. The molecule has 1 spiro atoms. The van der Waals surface area contributed by atoms with Crippen molar-refractivity contribution in [2.75, 3.05) is 49.3 Å². The van der Waals surface area contributed by atoms with Gasteiger partial charge in [-0.3, -0.25) is 4.31 Å². The molecule has 0 radical (unpaired) electrons. The summed E-state index contributed by atoms with van der Waals surface area (Å²) in [7, 11) is 0. The topological polar surface area (TPSA) is 53.5 Å². The van der Waals surface area contributed by atoms with Crippen molar-refractivity contribution in [3.63, 3.8) is 0 Å². The van der Waals surface area contributed by atoms with E-state index >= 15 is 0 Å². The molecule has 144 valence electrons. The van der Waals surface area contributed by atoms with E-state index in [1.54, 1.807) is 0 Å². The van der Waals surface area contributed by atoms with Crippen molar-refractivity contribution in [1.29, 1.82) is 0 Å². The molecule has 1 aromatic heterocycles. The first-order valence-electron chi connectivity index (χ1n) is 9.95. The third kappa shape index (κ3) is 3.60. The lowest BCUT2D eigenvalue weighted by molar-refractivity contribution is 0.0207. The second-order valence-electron chi connectivity index (χ2n) is 7.89.